The lowest BCUT2D eigenvalue weighted by Crippen LogP contribution is -2.53. The van der Waals surface area contributed by atoms with Gasteiger partial charge in [-0.05, 0) is 18.2 Å². The summed E-state index contributed by atoms with van der Waals surface area (Å²) in [5.74, 6) is 0.781. The zero-order valence-corrected chi connectivity index (χ0v) is 14.7. The molecule has 2 amide bonds. The number of para-hydroxylation sites is 2. The highest BCUT2D eigenvalue weighted by molar-refractivity contribution is 5.89. The Hall–Kier alpha value is -2.73. The van der Waals surface area contributed by atoms with E-state index in [0.717, 1.165) is 22.7 Å². The molecule has 0 atom stereocenters. The second kappa shape index (κ2) is 6.88. The fourth-order valence-corrected chi connectivity index (χ4v) is 3.40. The van der Waals surface area contributed by atoms with Crippen LogP contribution in [-0.2, 0) is 11.3 Å². The molecule has 2 aromatic carbocycles. The lowest BCUT2D eigenvalue weighted by molar-refractivity contribution is -0.225. The van der Waals surface area contributed by atoms with E-state index < -0.39 is 5.79 Å². The van der Waals surface area contributed by atoms with Crippen LogP contribution < -0.4 is 14.8 Å². The van der Waals surface area contributed by atoms with Crippen molar-refractivity contribution in [3.63, 3.8) is 0 Å². The quantitative estimate of drug-likeness (QED) is 0.895. The first kappa shape index (κ1) is 16.7. The van der Waals surface area contributed by atoms with Gasteiger partial charge in [0.1, 0.15) is 0 Å². The first-order valence-corrected chi connectivity index (χ1v) is 8.79. The molecule has 136 valence electrons. The van der Waals surface area contributed by atoms with E-state index >= 15 is 0 Å². The van der Waals surface area contributed by atoms with E-state index in [2.05, 4.69) is 5.32 Å². The van der Waals surface area contributed by atoms with Crippen LogP contribution >= 0.6 is 0 Å². The Labute approximate surface area is 152 Å². The number of methoxy groups -OCH3 is 1. The number of amides is 2. The fraction of sp³-hybridized carbons (Fsp3) is 0.350. The smallest absolute Gasteiger partial charge is 0.321 e. The van der Waals surface area contributed by atoms with E-state index in [-0.39, 0.29) is 6.03 Å². The number of nitrogens with one attached hydrogen (secondary N) is 1. The Morgan fingerprint density at radius 2 is 1.88 bits per heavy atom. The van der Waals surface area contributed by atoms with Crippen LogP contribution in [0.25, 0.3) is 0 Å². The molecule has 2 aliphatic rings. The Bertz CT molecular complexity index is 771. The molecule has 0 aliphatic carbocycles. The number of hydrogen-bond donors (Lipinski definition) is 1. The fourth-order valence-electron chi connectivity index (χ4n) is 3.40. The van der Waals surface area contributed by atoms with Crippen molar-refractivity contribution in [3.8, 4) is 11.5 Å². The first-order chi connectivity index (χ1) is 12.7. The highest BCUT2D eigenvalue weighted by Gasteiger charge is 2.42. The number of anilines is 1. The molecule has 4 rings (SSSR count). The molecular weight excluding hydrogens is 332 g/mol. The van der Waals surface area contributed by atoms with Crippen LogP contribution in [0.4, 0.5) is 10.5 Å². The van der Waals surface area contributed by atoms with Gasteiger partial charge in [-0.25, -0.2) is 4.79 Å². The maximum Gasteiger partial charge on any atom is 0.321 e. The van der Waals surface area contributed by atoms with Gasteiger partial charge in [0.15, 0.2) is 11.5 Å². The summed E-state index contributed by atoms with van der Waals surface area (Å²) in [6, 6.07) is 15.2. The summed E-state index contributed by atoms with van der Waals surface area (Å²) in [5.41, 5.74) is 1.78. The normalized spacial score (nSPS) is 18.0. The van der Waals surface area contributed by atoms with Gasteiger partial charge in [-0.15, -0.1) is 0 Å². The van der Waals surface area contributed by atoms with Crippen LogP contribution in [0.3, 0.4) is 0 Å². The summed E-state index contributed by atoms with van der Waals surface area (Å²) < 4.78 is 17.7. The number of carbonyl (C=O) groups excluding carboxylic acids is 1. The monoisotopic (exact) mass is 354 g/mol. The van der Waals surface area contributed by atoms with E-state index in [1.807, 2.05) is 48.5 Å². The van der Waals surface area contributed by atoms with Crippen LogP contribution in [-0.4, -0.2) is 36.9 Å². The minimum absolute atomic E-state index is 0.0974. The number of benzene rings is 2. The topological polar surface area (TPSA) is 60.0 Å². The molecule has 1 N–H and O–H groups in total. The number of likely N-dealkylation sites (tertiary alicyclic amines) is 1. The molecule has 0 aromatic heterocycles. The number of fused-ring (bicyclic) bond motifs is 1. The van der Waals surface area contributed by atoms with Crippen molar-refractivity contribution < 1.29 is 19.0 Å². The molecule has 2 heterocycles. The van der Waals surface area contributed by atoms with Gasteiger partial charge < -0.3 is 24.4 Å². The second-order valence-electron chi connectivity index (χ2n) is 6.53. The van der Waals surface area contributed by atoms with Crippen molar-refractivity contribution >= 4 is 11.7 Å². The Kier molecular flexibility index (Phi) is 4.42. The molecule has 0 radical (unpaired) electrons. The van der Waals surface area contributed by atoms with Gasteiger partial charge >= 0.3 is 6.03 Å². The average Bonchev–Trinajstić information content (AvgIpc) is 2.69. The van der Waals surface area contributed by atoms with Gasteiger partial charge in [-0.3, -0.25) is 0 Å². The summed E-state index contributed by atoms with van der Waals surface area (Å²) in [6.07, 6.45) is 1.24. The van der Waals surface area contributed by atoms with Gasteiger partial charge in [0, 0.05) is 37.2 Å². The third-order valence-corrected chi connectivity index (χ3v) is 4.90. The van der Waals surface area contributed by atoms with Crippen molar-refractivity contribution in [1.29, 1.82) is 0 Å². The second-order valence-corrected chi connectivity index (χ2v) is 6.53. The molecule has 1 fully saturated rings. The third kappa shape index (κ3) is 3.20. The van der Waals surface area contributed by atoms with Crippen LogP contribution in [0, 0.1) is 0 Å². The van der Waals surface area contributed by atoms with Crippen molar-refractivity contribution in [2.24, 2.45) is 0 Å². The van der Waals surface area contributed by atoms with Crippen molar-refractivity contribution in [3.05, 3.63) is 54.1 Å². The maximum absolute atomic E-state index is 12.5. The van der Waals surface area contributed by atoms with Gasteiger partial charge in [-0.1, -0.05) is 30.3 Å². The van der Waals surface area contributed by atoms with Gasteiger partial charge in [0.25, 0.3) is 0 Å². The van der Waals surface area contributed by atoms with E-state index in [1.54, 1.807) is 12.0 Å². The standard InChI is InChI=1S/C20H22N2O4/c1-24-17-9-5-6-15-14-25-20(26-18(15)17)10-12-22(13-11-20)19(23)21-16-7-3-2-4-8-16/h2-9H,10-14H2,1H3,(H,21,23). The van der Waals surface area contributed by atoms with Gasteiger partial charge in [-0.2, -0.15) is 0 Å². The molecule has 6 nitrogen and oxygen atoms in total. The summed E-state index contributed by atoms with van der Waals surface area (Å²) in [7, 11) is 1.64. The minimum Gasteiger partial charge on any atom is -0.493 e. The average molecular weight is 354 g/mol. The Morgan fingerprint density at radius 3 is 2.62 bits per heavy atom. The highest BCUT2D eigenvalue weighted by Crippen LogP contribution is 2.42. The van der Waals surface area contributed by atoms with Crippen LogP contribution in [0.1, 0.15) is 18.4 Å². The molecule has 0 bridgehead atoms. The van der Waals surface area contributed by atoms with Crippen LogP contribution in [0.2, 0.25) is 0 Å². The number of rotatable bonds is 2. The number of hydrogen-bond acceptors (Lipinski definition) is 4. The predicted molar refractivity (Wildman–Crippen MR) is 97.4 cm³/mol. The molecule has 2 aromatic rings. The van der Waals surface area contributed by atoms with Gasteiger partial charge in [0.05, 0.1) is 13.7 Å². The van der Waals surface area contributed by atoms with Crippen LogP contribution in [0.15, 0.2) is 48.5 Å². The Morgan fingerprint density at radius 1 is 1.12 bits per heavy atom. The van der Waals surface area contributed by atoms with Crippen molar-refractivity contribution in [2.45, 2.75) is 25.2 Å². The lowest BCUT2D eigenvalue weighted by Gasteiger charge is -2.44. The van der Waals surface area contributed by atoms with E-state index in [1.165, 1.54) is 0 Å². The Balaban J connectivity index is 1.41. The highest BCUT2D eigenvalue weighted by atomic mass is 16.7. The molecular formula is C20H22N2O4. The number of nitrogens with zero attached hydrogens (tertiary/aromatic N) is 1. The number of urea groups is 1. The maximum atomic E-state index is 12.5. The number of piperidine rings is 1. The van der Waals surface area contributed by atoms with E-state index in [0.29, 0.717) is 32.5 Å². The SMILES string of the molecule is COc1cccc2c1OC1(CCN(C(=O)Nc3ccccc3)CC1)OC2. The number of ether oxygens (including phenoxy) is 3. The zero-order chi connectivity index (χ0) is 18.0. The molecule has 1 spiro atoms. The molecule has 0 unspecified atom stereocenters. The summed E-state index contributed by atoms with van der Waals surface area (Å²) >= 11 is 0. The summed E-state index contributed by atoms with van der Waals surface area (Å²) in [6.45, 7) is 1.63. The molecule has 0 saturated carbocycles. The lowest BCUT2D eigenvalue weighted by atomic mass is 10.0. The zero-order valence-electron chi connectivity index (χ0n) is 14.7. The van der Waals surface area contributed by atoms with Crippen molar-refractivity contribution in [2.75, 3.05) is 25.5 Å². The summed E-state index contributed by atoms with van der Waals surface area (Å²) in [4.78, 5) is 14.2. The predicted octanol–water partition coefficient (Wildman–Crippen LogP) is 3.63. The molecule has 2 aliphatic heterocycles. The number of carbonyl (C=O) groups is 1. The van der Waals surface area contributed by atoms with Crippen molar-refractivity contribution in [1.82, 2.24) is 4.90 Å². The summed E-state index contributed by atoms with van der Waals surface area (Å²) in [5, 5.41) is 2.92. The largest absolute Gasteiger partial charge is 0.493 e. The van der Waals surface area contributed by atoms with Crippen LogP contribution in [0.5, 0.6) is 11.5 Å². The van der Waals surface area contributed by atoms with Gasteiger partial charge in [0.2, 0.25) is 5.79 Å². The minimum atomic E-state index is -0.689. The van der Waals surface area contributed by atoms with E-state index in [4.69, 9.17) is 14.2 Å². The molecule has 1 saturated heterocycles. The van der Waals surface area contributed by atoms with E-state index in [9.17, 15) is 4.79 Å². The molecule has 6 heteroatoms. The third-order valence-electron chi connectivity index (χ3n) is 4.90. The first-order valence-electron chi connectivity index (χ1n) is 8.79. The molecule has 26 heavy (non-hydrogen) atoms.